The van der Waals surface area contributed by atoms with E-state index in [-0.39, 0.29) is 11.9 Å². The number of carbonyl (C=O) groups is 1. The van der Waals surface area contributed by atoms with Gasteiger partial charge in [0.15, 0.2) is 0 Å². The fourth-order valence-corrected chi connectivity index (χ4v) is 3.85. The molecule has 0 saturated carbocycles. The quantitative estimate of drug-likeness (QED) is 0.845. The molecule has 1 fully saturated rings. The van der Waals surface area contributed by atoms with Crippen molar-refractivity contribution in [3.63, 3.8) is 0 Å². The predicted molar refractivity (Wildman–Crippen MR) is 76.4 cm³/mol. The third kappa shape index (κ3) is 2.06. The van der Waals surface area contributed by atoms with Crippen LogP contribution in [0.5, 0.6) is 0 Å². The molecule has 1 aliphatic heterocycles. The number of carbonyl (C=O) groups excluding carboxylic acids is 1. The number of thiazole rings is 1. The van der Waals surface area contributed by atoms with E-state index in [1.165, 1.54) is 11.3 Å². The number of aryl methyl sites for hydroxylation is 1. The molecule has 1 amide bonds. The van der Waals surface area contributed by atoms with Gasteiger partial charge in [0.25, 0.3) is 0 Å². The van der Waals surface area contributed by atoms with E-state index in [9.17, 15) is 4.79 Å². The molecule has 102 valence electrons. The Morgan fingerprint density at radius 2 is 2.37 bits per heavy atom. The highest BCUT2D eigenvalue weighted by molar-refractivity contribution is 7.15. The summed E-state index contributed by atoms with van der Waals surface area (Å²) in [4.78, 5) is 20.1. The van der Waals surface area contributed by atoms with Gasteiger partial charge in [-0.2, -0.15) is 0 Å². The summed E-state index contributed by atoms with van der Waals surface area (Å²) in [6.45, 7) is 4.84. The molecule has 1 aliphatic rings. The number of aromatic nitrogens is 2. The average molecular weight is 277 g/mol. The van der Waals surface area contributed by atoms with Crippen LogP contribution in [-0.4, -0.2) is 26.7 Å². The van der Waals surface area contributed by atoms with Gasteiger partial charge in [-0.1, -0.05) is 6.92 Å². The van der Waals surface area contributed by atoms with E-state index >= 15 is 0 Å². The van der Waals surface area contributed by atoms with E-state index in [0.29, 0.717) is 6.42 Å². The van der Waals surface area contributed by atoms with Crippen molar-refractivity contribution in [2.75, 3.05) is 6.54 Å². The van der Waals surface area contributed by atoms with Gasteiger partial charge in [0.05, 0.1) is 11.7 Å². The van der Waals surface area contributed by atoms with Crippen LogP contribution >= 0.6 is 11.3 Å². The van der Waals surface area contributed by atoms with Crippen molar-refractivity contribution in [3.05, 3.63) is 23.1 Å². The van der Waals surface area contributed by atoms with Gasteiger partial charge in [-0.25, -0.2) is 4.98 Å². The molecular formula is C14H19N3OS. The number of nitrogens with zero attached hydrogens (tertiary/aromatic N) is 3. The topological polar surface area (TPSA) is 37.6 Å². The molecule has 3 rings (SSSR count). The Hall–Kier alpha value is -1.36. The van der Waals surface area contributed by atoms with Gasteiger partial charge in [-0.3, -0.25) is 9.20 Å². The molecule has 2 aromatic rings. The Morgan fingerprint density at radius 3 is 3.16 bits per heavy atom. The number of rotatable bonds is 2. The molecular weight excluding hydrogens is 258 g/mol. The van der Waals surface area contributed by atoms with Crippen LogP contribution in [0.2, 0.25) is 0 Å². The zero-order chi connectivity index (χ0) is 13.4. The molecule has 1 saturated heterocycles. The number of hydrogen-bond donors (Lipinski definition) is 0. The largest absolute Gasteiger partial charge is 0.334 e. The lowest BCUT2D eigenvalue weighted by molar-refractivity contribution is -0.134. The standard InChI is InChI=1S/C14H19N3OS/c1-3-12(18)17-7-5-4-6-11(17)13-14-16(8-9-19-14)10(2)15-13/h8-9,11H,3-7H2,1-2H3/t11-/m0/s1. The van der Waals surface area contributed by atoms with E-state index in [1.807, 2.05) is 18.7 Å². The van der Waals surface area contributed by atoms with Crippen molar-refractivity contribution in [3.8, 4) is 0 Å². The van der Waals surface area contributed by atoms with Gasteiger partial charge in [0.1, 0.15) is 10.7 Å². The minimum absolute atomic E-state index is 0.170. The highest BCUT2D eigenvalue weighted by Gasteiger charge is 2.30. The molecule has 0 spiro atoms. The molecule has 0 bridgehead atoms. The SMILES string of the molecule is CCC(=O)N1CCCC[C@H]1c1nc(C)n2ccsc12. The first-order chi connectivity index (χ1) is 9.22. The van der Waals surface area contributed by atoms with Crippen LogP contribution in [0.15, 0.2) is 11.6 Å². The Morgan fingerprint density at radius 1 is 1.53 bits per heavy atom. The van der Waals surface area contributed by atoms with Crippen LogP contribution in [0.25, 0.3) is 4.83 Å². The van der Waals surface area contributed by atoms with Crippen LogP contribution < -0.4 is 0 Å². The van der Waals surface area contributed by atoms with Gasteiger partial charge in [-0.15, -0.1) is 11.3 Å². The summed E-state index contributed by atoms with van der Waals surface area (Å²) in [6, 6.07) is 0.170. The molecule has 4 nitrogen and oxygen atoms in total. The summed E-state index contributed by atoms with van der Waals surface area (Å²) in [5.41, 5.74) is 1.09. The fraction of sp³-hybridized carbons (Fsp3) is 0.571. The highest BCUT2D eigenvalue weighted by atomic mass is 32.1. The summed E-state index contributed by atoms with van der Waals surface area (Å²) in [7, 11) is 0. The normalized spacial score (nSPS) is 20.1. The summed E-state index contributed by atoms with van der Waals surface area (Å²) in [5.74, 6) is 1.26. The Labute approximate surface area is 117 Å². The van der Waals surface area contributed by atoms with Crippen LogP contribution in [0, 0.1) is 6.92 Å². The lowest BCUT2D eigenvalue weighted by atomic mass is 9.99. The fourth-order valence-electron chi connectivity index (χ4n) is 2.93. The lowest BCUT2D eigenvalue weighted by Gasteiger charge is -2.34. The van der Waals surface area contributed by atoms with E-state index in [4.69, 9.17) is 4.98 Å². The summed E-state index contributed by atoms with van der Waals surface area (Å²) in [6.07, 6.45) is 5.97. The zero-order valence-corrected chi connectivity index (χ0v) is 12.2. The third-order valence-electron chi connectivity index (χ3n) is 3.90. The Kier molecular flexibility index (Phi) is 3.31. The number of hydrogen-bond acceptors (Lipinski definition) is 3. The maximum absolute atomic E-state index is 12.1. The van der Waals surface area contributed by atoms with Crippen molar-refractivity contribution >= 4 is 22.1 Å². The monoisotopic (exact) mass is 277 g/mol. The van der Waals surface area contributed by atoms with E-state index in [2.05, 4.69) is 16.0 Å². The van der Waals surface area contributed by atoms with Crippen LogP contribution in [0.3, 0.4) is 0 Å². The second-order valence-electron chi connectivity index (χ2n) is 5.07. The van der Waals surface area contributed by atoms with Crippen molar-refractivity contribution < 1.29 is 4.79 Å². The van der Waals surface area contributed by atoms with E-state index in [0.717, 1.165) is 30.9 Å². The molecule has 0 N–H and O–H groups in total. The maximum Gasteiger partial charge on any atom is 0.222 e. The number of imidazole rings is 1. The molecule has 5 heteroatoms. The Balaban J connectivity index is 2.02. The van der Waals surface area contributed by atoms with Crippen molar-refractivity contribution in [1.82, 2.24) is 14.3 Å². The minimum atomic E-state index is 0.170. The number of amides is 1. The van der Waals surface area contributed by atoms with Gasteiger partial charge < -0.3 is 4.90 Å². The second-order valence-corrected chi connectivity index (χ2v) is 5.97. The average Bonchev–Trinajstić information content (AvgIpc) is 3.02. The molecule has 0 unspecified atom stereocenters. The lowest BCUT2D eigenvalue weighted by Crippen LogP contribution is -2.38. The van der Waals surface area contributed by atoms with E-state index in [1.54, 1.807) is 11.3 Å². The van der Waals surface area contributed by atoms with Gasteiger partial charge >= 0.3 is 0 Å². The molecule has 2 aromatic heterocycles. The molecule has 3 heterocycles. The van der Waals surface area contributed by atoms with Gasteiger partial charge in [-0.05, 0) is 26.2 Å². The van der Waals surface area contributed by atoms with Gasteiger partial charge in [0, 0.05) is 24.5 Å². The van der Waals surface area contributed by atoms with Crippen LogP contribution in [0.4, 0.5) is 0 Å². The van der Waals surface area contributed by atoms with Gasteiger partial charge in [0.2, 0.25) is 5.91 Å². The summed E-state index contributed by atoms with van der Waals surface area (Å²) in [5, 5.41) is 2.09. The highest BCUT2D eigenvalue weighted by Crippen LogP contribution is 2.35. The van der Waals surface area contributed by atoms with E-state index < -0.39 is 0 Å². The summed E-state index contributed by atoms with van der Waals surface area (Å²) < 4.78 is 2.13. The summed E-state index contributed by atoms with van der Waals surface area (Å²) >= 11 is 1.71. The minimum Gasteiger partial charge on any atom is -0.334 e. The second kappa shape index (κ2) is 4.96. The third-order valence-corrected chi connectivity index (χ3v) is 4.79. The van der Waals surface area contributed by atoms with Crippen molar-refractivity contribution in [1.29, 1.82) is 0 Å². The molecule has 19 heavy (non-hydrogen) atoms. The maximum atomic E-state index is 12.1. The van der Waals surface area contributed by atoms with Crippen LogP contribution in [0.1, 0.15) is 50.2 Å². The molecule has 1 atom stereocenters. The first kappa shape index (κ1) is 12.7. The zero-order valence-electron chi connectivity index (χ0n) is 11.4. The molecule has 0 radical (unpaired) electrons. The van der Waals surface area contributed by atoms with Crippen molar-refractivity contribution in [2.24, 2.45) is 0 Å². The number of likely N-dealkylation sites (tertiary alicyclic amines) is 1. The van der Waals surface area contributed by atoms with Crippen LogP contribution in [-0.2, 0) is 4.79 Å². The predicted octanol–water partition coefficient (Wildman–Crippen LogP) is 3.17. The first-order valence-electron chi connectivity index (χ1n) is 6.94. The smallest absolute Gasteiger partial charge is 0.222 e. The molecule has 0 aromatic carbocycles. The molecule has 0 aliphatic carbocycles. The first-order valence-corrected chi connectivity index (χ1v) is 7.82. The number of piperidine rings is 1. The number of fused-ring (bicyclic) bond motifs is 1. The Bertz CT molecular complexity index is 601. The van der Waals surface area contributed by atoms with Crippen molar-refractivity contribution in [2.45, 2.75) is 45.6 Å².